The summed E-state index contributed by atoms with van der Waals surface area (Å²) in [6, 6.07) is 8.01. The zero-order valence-corrected chi connectivity index (χ0v) is 16.9. The van der Waals surface area contributed by atoms with E-state index >= 15 is 0 Å². The van der Waals surface area contributed by atoms with Gasteiger partial charge in [0.05, 0.1) is 17.8 Å². The number of aliphatic hydroxyl groups excluding tert-OH is 1. The van der Waals surface area contributed by atoms with Crippen molar-refractivity contribution in [1.29, 1.82) is 5.41 Å². The highest BCUT2D eigenvalue weighted by molar-refractivity contribution is 7.11. The van der Waals surface area contributed by atoms with Crippen LogP contribution < -0.4 is 0 Å². The molecule has 0 bridgehead atoms. The third kappa shape index (κ3) is 3.61. The minimum atomic E-state index is 0.248. The van der Waals surface area contributed by atoms with Crippen molar-refractivity contribution in [2.24, 2.45) is 0 Å². The first kappa shape index (κ1) is 18.5. The van der Waals surface area contributed by atoms with Gasteiger partial charge >= 0.3 is 0 Å². The largest absolute Gasteiger partial charge is 0.510 e. The van der Waals surface area contributed by atoms with Crippen LogP contribution in [0.15, 0.2) is 35.4 Å². The van der Waals surface area contributed by atoms with Crippen LogP contribution in [0.4, 0.5) is 0 Å². The number of hydrogen-bond acceptors (Lipinski definition) is 5. The van der Waals surface area contributed by atoms with Crippen LogP contribution in [-0.4, -0.2) is 57.9 Å². The maximum Gasteiger partial charge on any atom is 0.135 e. The predicted molar refractivity (Wildman–Crippen MR) is 112 cm³/mol. The lowest BCUT2D eigenvalue weighted by molar-refractivity contribution is 0.222. The lowest BCUT2D eigenvalue weighted by Crippen LogP contribution is -2.41. The van der Waals surface area contributed by atoms with Crippen LogP contribution in [0.5, 0.6) is 0 Å². The third-order valence-corrected chi connectivity index (χ3v) is 6.49. The molecule has 3 heterocycles. The second-order valence-corrected chi connectivity index (χ2v) is 8.31. The van der Waals surface area contributed by atoms with Crippen molar-refractivity contribution in [3.05, 3.63) is 45.4 Å². The Morgan fingerprint density at radius 2 is 2.11 bits per heavy atom. The second kappa shape index (κ2) is 7.62. The Bertz CT molecular complexity index is 876. The van der Waals surface area contributed by atoms with Gasteiger partial charge in [0.2, 0.25) is 0 Å². The van der Waals surface area contributed by atoms with E-state index in [1.165, 1.54) is 17.8 Å². The summed E-state index contributed by atoms with van der Waals surface area (Å²) in [7, 11) is 0. The predicted octanol–water partition coefficient (Wildman–Crippen LogP) is 4.51. The molecule has 4 rings (SSSR count). The Kier molecular flexibility index (Phi) is 5.21. The van der Waals surface area contributed by atoms with Gasteiger partial charge < -0.3 is 10.0 Å². The van der Waals surface area contributed by atoms with E-state index in [4.69, 9.17) is 17.0 Å². The number of thiazole rings is 1. The third-order valence-electron chi connectivity index (χ3n) is 5.38. The SMILES string of the molecule is CCN1CCC[C@H]1CN1CC(O)=C(c2nc(-c3ccc(Cl)cc3)cs2)C1=N. The quantitative estimate of drug-likeness (QED) is 0.772. The summed E-state index contributed by atoms with van der Waals surface area (Å²) >= 11 is 7.42. The molecule has 1 aromatic carbocycles. The standard InChI is InChI=1S/C20H23ClN4OS/c1-2-24-9-3-4-15(24)10-25-11-17(26)18(19(25)22)20-23-16(12-27-20)13-5-7-14(21)8-6-13/h5-8,12,15,22,26H,2-4,9-11H2,1H3/t15-/m0/s1. The molecule has 0 spiro atoms. The maximum absolute atomic E-state index is 10.5. The number of aliphatic hydroxyl groups is 1. The number of likely N-dealkylation sites (N-methyl/N-ethyl adjacent to an activating group) is 1. The molecule has 0 radical (unpaired) electrons. The lowest BCUT2D eigenvalue weighted by atomic mass is 10.2. The Labute approximate surface area is 168 Å². The van der Waals surface area contributed by atoms with E-state index in [-0.39, 0.29) is 5.76 Å². The van der Waals surface area contributed by atoms with Gasteiger partial charge in [0.1, 0.15) is 16.6 Å². The Morgan fingerprint density at radius 1 is 1.33 bits per heavy atom. The number of hydrogen-bond donors (Lipinski definition) is 2. The van der Waals surface area contributed by atoms with E-state index in [2.05, 4.69) is 16.8 Å². The van der Waals surface area contributed by atoms with Gasteiger partial charge in [0.15, 0.2) is 0 Å². The van der Waals surface area contributed by atoms with Crippen molar-refractivity contribution >= 4 is 34.3 Å². The zero-order chi connectivity index (χ0) is 19.0. The number of aromatic nitrogens is 1. The van der Waals surface area contributed by atoms with E-state index in [0.717, 1.165) is 37.3 Å². The summed E-state index contributed by atoms with van der Waals surface area (Å²) in [5, 5.41) is 22.5. The van der Waals surface area contributed by atoms with E-state index < -0.39 is 0 Å². The van der Waals surface area contributed by atoms with Crippen molar-refractivity contribution < 1.29 is 5.11 Å². The first-order valence-corrected chi connectivity index (χ1v) is 10.5. The minimum Gasteiger partial charge on any atom is -0.510 e. The van der Waals surface area contributed by atoms with E-state index in [9.17, 15) is 5.11 Å². The minimum absolute atomic E-state index is 0.248. The van der Waals surface area contributed by atoms with Crippen molar-refractivity contribution in [1.82, 2.24) is 14.8 Å². The van der Waals surface area contributed by atoms with Crippen molar-refractivity contribution in [3.8, 4) is 11.3 Å². The number of nitrogens with one attached hydrogen (secondary N) is 1. The molecule has 7 heteroatoms. The van der Waals surface area contributed by atoms with E-state index in [1.807, 2.05) is 34.5 Å². The molecule has 5 nitrogen and oxygen atoms in total. The van der Waals surface area contributed by atoms with Crippen LogP contribution >= 0.6 is 22.9 Å². The molecule has 0 amide bonds. The summed E-state index contributed by atoms with van der Waals surface area (Å²) in [6.07, 6.45) is 2.37. The zero-order valence-electron chi connectivity index (χ0n) is 15.3. The number of benzene rings is 1. The number of amidine groups is 1. The molecule has 1 aromatic heterocycles. The fraction of sp³-hybridized carbons (Fsp3) is 0.400. The smallest absolute Gasteiger partial charge is 0.135 e. The highest BCUT2D eigenvalue weighted by atomic mass is 35.5. The highest BCUT2D eigenvalue weighted by Crippen LogP contribution is 2.33. The molecule has 27 heavy (non-hydrogen) atoms. The average Bonchev–Trinajstić information content (AvgIpc) is 3.36. The molecule has 0 aliphatic carbocycles. The fourth-order valence-corrected chi connectivity index (χ4v) is 4.95. The highest BCUT2D eigenvalue weighted by Gasteiger charge is 2.33. The van der Waals surface area contributed by atoms with Gasteiger partial charge in [-0.15, -0.1) is 11.3 Å². The number of halogens is 1. The first-order chi connectivity index (χ1) is 13.1. The van der Waals surface area contributed by atoms with E-state index in [1.54, 1.807) is 0 Å². The van der Waals surface area contributed by atoms with Gasteiger partial charge in [-0.2, -0.15) is 0 Å². The molecular weight excluding hydrogens is 380 g/mol. The topological polar surface area (TPSA) is 63.5 Å². The summed E-state index contributed by atoms with van der Waals surface area (Å²) in [6.45, 7) is 5.54. The Balaban J connectivity index is 1.51. The molecule has 2 aromatic rings. The normalized spacial score (nSPS) is 20.9. The van der Waals surface area contributed by atoms with Crippen LogP contribution in [0.2, 0.25) is 5.02 Å². The molecule has 2 aliphatic heterocycles. The van der Waals surface area contributed by atoms with Crippen molar-refractivity contribution in [2.75, 3.05) is 26.2 Å². The van der Waals surface area contributed by atoms with Gasteiger partial charge in [-0.25, -0.2) is 4.98 Å². The fourth-order valence-electron chi connectivity index (χ4n) is 3.93. The Hall–Kier alpha value is -1.89. The molecule has 0 saturated carbocycles. The molecule has 2 aliphatic rings. The molecule has 0 unspecified atom stereocenters. The monoisotopic (exact) mass is 402 g/mol. The maximum atomic E-state index is 10.5. The average molecular weight is 403 g/mol. The molecular formula is C20H23ClN4OS. The van der Waals surface area contributed by atoms with Gasteiger partial charge in [0.25, 0.3) is 0 Å². The molecule has 1 atom stereocenters. The van der Waals surface area contributed by atoms with Gasteiger partial charge in [-0.3, -0.25) is 10.3 Å². The van der Waals surface area contributed by atoms with Gasteiger partial charge in [-0.05, 0) is 38.1 Å². The van der Waals surface area contributed by atoms with Crippen molar-refractivity contribution in [3.63, 3.8) is 0 Å². The van der Waals surface area contributed by atoms with Gasteiger partial charge in [0, 0.05) is 28.6 Å². The lowest BCUT2D eigenvalue weighted by Gasteiger charge is -2.28. The van der Waals surface area contributed by atoms with Gasteiger partial charge in [-0.1, -0.05) is 30.7 Å². The number of nitrogens with zero attached hydrogens (tertiary/aromatic N) is 3. The van der Waals surface area contributed by atoms with Crippen LogP contribution in [0.1, 0.15) is 24.8 Å². The van der Waals surface area contributed by atoms with Crippen LogP contribution in [0, 0.1) is 5.41 Å². The summed E-state index contributed by atoms with van der Waals surface area (Å²) in [5.74, 6) is 0.630. The van der Waals surface area contributed by atoms with Crippen LogP contribution in [0.25, 0.3) is 16.8 Å². The summed E-state index contributed by atoms with van der Waals surface area (Å²) in [5.41, 5.74) is 2.39. The molecule has 142 valence electrons. The van der Waals surface area contributed by atoms with Crippen LogP contribution in [-0.2, 0) is 0 Å². The van der Waals surface area contributed by atoms with E-state index in [0.29, 0.717) is 34.0 Å². The second-order valence-electron chi connectivity index (χ2n) is 7.02. The molecule has 1 fully saturated rings. The van der Waals surface area contributed by atoms with Crippen LogP contribution in [0.3, 0.4) is 0 Å². The molecule has 2 N–H and O–H groups in total. The summed E-state index contributed by atoms with van der Waals surface area (Å²) < 4.78 is 0. The summed E-state index contributed by atoms with van der Waals surface area (Å²) in [4.78, 5) is 9.11. The first-order valence-electron chi connectivity index (χ1n) is 9.28. The number of rotatable bonds is 5. The number of likely N-dealkylation sites (tertiary alicyclic amines) is 1. The van der Waals surface area contributed by atoms with Crippen molar-refractivity contribution in [2.45, 2.75) is 25.8 Å². The molecule has 1 saturated heterocycles. The Morgan fingerprint density at radius 3 is 2.85 bits per heavy atom.